The number of carbonyl (C=O) groups is 1. The Hall–Kier alpha value is -2.64. The van der Waals surface area contributed by atoms with Crippen molar-refractivity contribution in [3.8, 4) is 5.88 Å². The predicted octanol–water partition coefficient (Wildman–Crippen LogP) is 0.283. The van der Waals surface area contributed by atoms with Crippen LogP contribution in [-0.2, 0) is 6.54 Å². The highest BCUT2D eigenvalue weighted by Gasteiger charge is 2.04. The quantitative estimate of drug-likeness (QED) is 0.703. The molecule has 20 heavy (non-hydrogen) atoms. The van der Waals surface area contributed by atoms with E-state index in [-0.39, 0.29) is 5.69 Å². The van der Waals surface area contributed by atoms with E-state index in [0.717, 1.165) is 6.42 Å². The Morgan fingerprint density at radius 3 is 3.05 bits per heavy atom. The average molecular weight is 276 g/mol. The minimum absolute atomic E-state index is 0.272. The van der Waals surface area contributed by atoms with Gasteiger partial charge in [0.2, 0.25) is 11.8 Å². The van der Waals surface area contributed by atoms with E-state index in [0.29, 0.717) is 24.9 Å². The summed E-state index contributed by atoms with van der Waals surface area (Å²) in [5, 5.41) is 7.13. The lowest BCUT2D eigenvalue weighted by molar-refractivity contribution is 0.0994. The number of methoxy groups -OCH3 is 1. The van der Waals surface area contributed by atoms with Crippen LogP contribution in [0.5, 0.6) is 5.88 Å². The Bertz CT molecular complexity index is 583. The van der Waals surface area contributed by atoms with Crippen molar-refractivity contribution in [2.24, 2.45) is 5.73 Å². The minimum Gasteiger partial charge on any atom is -0.481 e. The third kappa shape index (κ3) is 3.67. The van der Waals surface area contributed by atoms with Crippen LogP contribution in [0.3, 0.4) is 0 Å². The molecule has 0 spiro atoms. The van der Waals surface area contributed by atoms with Crippen molar-refractivity contribution in [1.82, 2.24) is 19.7 Å². The first-order valence-corrected chi connectivity index (χ1v) is 6.13. The second-order valence-corrected chi connectivity index (χ2v) is 4.03. The van der Waals surface area contributed by atoms with Gasteiger partial charge in [0.25, 0.3) is 5.91 Å². The van der Waals surface area contributed by atoms with Gasteiger partial charge in [-0.25, -0.2) is 4.98 Å². The van der Waals surface area contributed by atoms with Crippen molar-refractivity contribution in [2.75, 3.05) is 19.0 Å². The first-order valence-electron chi connectivity index (χ1n) is 6.13. The van der Waals surface area contributed by atoms with Crippen LogP contribution in [0.15, 0.2) is 24.5 Å². The maximum atomic E-state index is 10.9. The first-order chi connectivity index (χ1) is 9.69. The molecule has 0 saturated heterocycles. The van der Waals surface area contributed by atoms with Crippen LogP contribution in [0.4, 0.5) is 5.95 Å². The van der Waals surface area contributed by atoms with Crippen molar-refractivity contribution in [3.05, 3.63) is 30.2 Å². The largest absolute Gasteiger partial charge is 0.481 e. The number of ether oxygens (including phenoxy) is 1. The summed E-state index contributed by atoms with van der Waals surface area (Å²) in [7, 11) is 1.56. The molecule has 2 heterocycles. The van der Waals surface area contributed by atoms with Crippen LogP contribution >= 0.6 is 0 Å². The summed E-state index contributed by atoms with van der Waals surface area (Å²) in [5.41, 5.74) is 5.40. The van der Waals surface area contributed by atoms with Gasteiger partial charge < -0.3 is 15.8 Å². The maximum Gasteiger partial charge on any atom is 0.269 e. The molecule has 0 aromatic carbocycles. The number of nitrogens with two attached hydrogens (primary N) is 1. The molecule has 8 nitrogen and oxygen atoms in total. The molecule has 106 valence electrons. The summed E-state index contributed by atoms with van der Waals surface area (Å²) in [6, 6.07) is 3.28. The van der Waals surface area contributed by atoms with Gasteiger partial charge in [-0.05, 0) is 12.5 Å². The summed E-state index contributed by atoms with van der Waals surface area (Å²) in [4.78, 5) is 19.1. The van der Waals surface area contributed by atoms with Crippen molar-refractivity contribution in [3.63, 3.8) is 0 Å². The lowest BCUT2D eigenvalue weighted by Crippen LogP contribution is -2.13. The molecule has 0 bridgehead atoms. The fraction of sp³-hybridized carbons (Fsp3) is 0.333. The maximum absolute atomic E-state index is 10.9. The standard InChI is InChI=1S/C12H16N6O2/c1-20-10-3-6-15-12(16-10)14-5-2-7-18-8-4-9(17-18)11(13)19/h3-4,6,8H,2,5,7H2,1H3,(H2,13,19)(H,14,15,16). The highest BCUT2D eigenvalue weighted by Crippen LogP contribution is 2.07. The molecule has 0 aliphatic carbocycles. The minimum atomic E-state index is -0.522. The van der Waals surface area contributed by atoms with Crippen LogP contribution in [0.1, 0.15) is 16.9 Å². The van der Waals surface area contributed by atoms with Crippen LogP contribution in [0.2, 0.25) is 0 Å². The number of rotatable bonds is 7. The Labute approximate surface area is 116 Å². The van der Waals surface area contributed by atoms with Gasteiger partial charge in [-0.1, -0.05) is 0 Å². The molecule has 0 radical (unpaired) electrons. The Morgan fingerprint density at radius 1 is 1.50 bits per heavy atom. The van der Waals surface area contributed by atoms with E-state index in [1.54, 1.807) is 36.3 Å². The van der Waals surface area contributed by atoms with Gasteiger partial charge in [0.05, 0.1) is 7.11 Å². The molecule has 8 heteroatoms. The molecule has 2 aromatic heterocycles. The Kier molecular flexibility index (Phi) is 4.48. The molecular weight excluding hydrogens is 260 g/mol. The molecule has 0 aliphatic rings. The molecule has 0 atom stereocenters. The smallest absolute Gasteiger partial charge is 0.269 e. The van der Waals surface area contributed by atoms with E-state index >= 15 is 0 Å². The van der Waals surface area contributed by atoms with Gasteiger partial charge in [0.1, 0.15) is 5.69 Å². The summed E-state index contributed by atoms with van der Waals surface area (Å²) in [6.45, 7) is 1.35. The highest BCUT2D eigenvalue weighted by molar-refractivity contribution is 5.90. The summed E-state index contributed by atoms with van der Waals surface area (Å²) in [6.07, 6.45) is 4.16. The second-order valence-electron chi connectivity index (χ2n) is 4.03. The molecule has 0 fully saturated rings. The molecule has 3 N–H and O–H groups in total. The van der Waals surface area contributed by atoms with E-state index in [1.165, 1.54) is 0 Å². The fourth-order valence-corrected chi connectivity index (χ4v) is 1.60. The molecule has 0 aliphatic heterocycles. The zero-order chi connectivity index (χ0) is 14.4. The number of aromatic nitrogens is 4. The average Bonchev–Trinajstić information content (AvgIpc) is 2.93. The monoisotopic (exact) mass is 276 g/mol. The van der Waals surface area contributed by atoms with Crippen LogP contribution in [0.25, 0.3) is 0 Å². The molecular formula is C12H16N6O2. The molecule has 0 unspecified atom stereocenters. The van der Waals surface area contributed by atoms with Gasteiger partial charge >= 0.3 is 0 Å². The lowest BCUT2D eigenvalue weighted by atomic mass is 10.4. The molecule has 0 saturated carbocycles. The van der Waals surface area contributed by atoms with Crippen LogP contribution in [-0.4, -0.2) is 39.3 Å². The van der Waals surface area contributed by atoms with E-state index in [2.05, 4.69) is 20.4 Å². The van der Waals surface area contributed by atoms with Crippen molar-refractivity contribution >= 4 is 11.9 Å². The Morgan fingerprint density at radius 2 is 2.35 bits per heavy atom. The number of nitrogens with one attached hydrogen (secondary N) is 1. The normalized spacial score (nSPS) is 10.2. The summed E-state index contributed by atoms with van der Waals surface area (Å²) >= 11 is 0. The molecule has 1 amide bonds. The van der Waals surface area contributed by atoms with Crippen molar-refractivity contribution in [1.29, 1.82) is 0 Å². The third-order valence-corrected chi connectivity index (χ3v) is 2.58. The van der Waals surface area contributed by atoms with Gasteiger partial charge in [0, 0.05) is 31.5 Å². The van der Waals surface area contributed by atoms with E-state index in [9.17, 15) is 4.79 Å². The number of carbonyl (C=O) groups excluding carboxylic acids is 1. The SMILES string of the molecule is COc1ccnc(NCCCn2ccc(C(N)=O)n2)n1. The van der Waals surface area contributed by atoms with Crippen LogP contribution in [0, 0.1) is 0 Å². The van der Waals surface area contributed by atoms with Gasteiger partial charge in [0.15, 0.2) is 0 Å². The van der Waals surface area contributed by atoms with Crippen molar-refractivity contribution in [2.45, 2.75) is 13.0 Å². The number of nitrogens with zero attached hydrogens (tertiary/aromatic N) is 4. The second kappa shape index (κ2) is 6.50. The number of primary amides is 1. The molecule has 2 aromatic rings. The number of aryl methyl sites for hydroxylation is 1. The third-order valence-electron chi connectivity index (χ3n) is 2.58. The van der Waals surface area contributed by atoms with Gasteiger partial charge in [-0.3, -0.25) is 9.48 Å². The lowest BCUT2D eigenvalue weighted by Gasteiger charge is -2.05. The Balaban J connectivity index is 1.76. The number of hydrogen-bond donors (Lipinski definition) is 2. The number of anilines is 1. The zero-order valence-corrected chi connectivity index (χ0v) is 11.1. The summed E-state index contributed by atoms with van der Waals surface area (Å²) < 4.78 is 6.68. The predicted molar refractivity (Wildman–Crippen MR) is 72.4 cm³/mol. The summed E-state index contributed by atoms with van der Waals surface area (Å²) in [5.74, 6) is 0.509. The fourth-order valence-electron chi connectivity index (χ4n) is 1.60. The molecule has 2 rings (SSSR count). The van der Waals surface area contributed by atoms with Gasteiger partial charge in [-0.2, -0.15) is 10.1 Å². The van der Waals surface area contributed by atoms with E-state index < -0.39 is 5.91 Å². The van der Waals surface area contributed by atoms with Gasteiger partial charge in [-0.15, -0.1) is 0 Å². The zero-order valence-electron chi connectivity index (χ0n) is 11.1. The number of hydrogen-bond acceptors (Lipinski definition) is 6. The first kappa shape index (κ1) is 13.8. The number of amides is 1. The van der Waals surface area contributed by atoms with Crippen molar-refractivity contribution < 1.29 is 9.53 Å². The van der Waals surface area contributed by atoms with Crippen LogP contribution < -0.4 is 15.8 Å². The van der Waals surface area contributed by atoms with E-state index in [4.69, 9.17) is 10.5 Å². The van der Waals surface area contributed by atoms with E-state index in [1.807, 2.05) is 0 Å². The highest BCUT2D eigenvalue weighted by atomic mass is 16.5. The topological polar surface area (TPSA) is 108 Å².